The van der Waals surface area contributed by atoms with Crippen molar-refractivity contribution in [2.45, 2.75) is 45.1 Å². The molecule has 2 aliphatic rings. The van der Waals surface area contributed by atoms with Crippen LogP contribution in [0.15, 0.2) is 22.6 Å². The molecule has 2 atom stereocenters. The third-order valence-electron chi connectivity index (χ3n) is 4.89. The fraction of sp³-hybridized carbons (Fsp3) is 0.579. The van der Waals surface area contributed by atoms with Crippen LogP contribution in [0.3, 0.4) is 0 Å². The number of likely N-dealkylation sites (tertiary alicyclic amines) is 1. The summed E-state index contributed by atoms with van der Waals surface area (Å²) in [6, 6.07) is 3.99. The van der Waals surface area contributed by atoms with E-state index in [4.69, 9.17) is 9.15 Å². The number of amides is 2. The zero-order valence-corrected chi connectivity index (χ0v) is 14.9. The highest BCUT2D eigenvalue weighted by molar-refractivity contribution is 5.91. The molecule has 2 fully saturated rings. The van der Waals surface area contributed by atoms with Gasteiger partial charge < -0.3 is 19.4 Å². The predicted octanol–water partition coefficient (Wildman–Crippen LogP) is 3.15. The van der Waals surface area contributed by atoms with Crippen molar-refractivity contribution in [1.82, 2.24) is 10.2 Å². The van der Waals surface area contributed by atoms with Gasteiger partial charge in [-0.15, -0.1) is 0 Å². The van der Waals surface area contributed by atoms with Crippen molar-refractivity contribution < 1.29 is 18.7 Å². The Balaban J connectivity index is 1.42. The Bertz CT molecular complexity index is 644. The van der Waals surface area contributed by atoms with Crippen LogP contribution >= 0.6 is 0 Å². The zero-order valence-electron chi connectivity index (χ0n) is 14.9. The highest BCUT2D eigenvalue weighted by Crippen LogP contribution is 2.47. The highest BCUT2D eigenvalue weighted by atomic mass is 16.6. The Morgan fingerprint density at radius 3 is 2.72 bits per heavy atom. The second-order valence-corrected chi connectivity index (χ2v) is 6.86. The summed E-state index contributed by atoms with van der Waals surface area (Å²) in [5.41, 5.74) is 0. The minimum atomic E-state index is -0.272. The van der Waals surface area contributed by atoms with Crippen molar-refractivity contribution in [2.24, 2.45) is 5.92 Å². The molecule has 6 nitrogen and oxygen atoms in total. The van der Waals surface area contributed by atoms with Gasteiger partial charge in [0.2, 0.25) is 5.91 Å². The third-order valence-corrected chi connectivity index (χ3v) is 4.89. The number of furan rings is 1. The van der Waals surface area contributed by atoms with Crippen LogP contribution < -0.4 is 5.32 Å². The van der Waals surface area contributed by atoms with Gasteiger partial charge in [-0.25, -0.2) is 4.79 Å². The van der Waals surface area contributed by atoms with Gasteiger partial charge >= 0.3 is 6.09 Å². The first kappa shape index (κ1) is 17.6. The molecule has 2 heterocycles. The Hall–Kier alpha value is -2.24. The van der Waals surface area contributed by atoms with Gasteiger partial charge in [0.1, 0.15) is 11.5 Å². The summed E-state index contributed by atoms with van der Waals surface area (Å²) >= 11 is 0. The second-order valence-electron chi connectivity index (χ2n) is 6.86. The van der Waals surface area contributed by atoms with Crippen LogP contribution in [0.5, 0.6) is 0 Å². The third kappa shape index (κ3) is 4.65. The Labute approximate surface area is 148 Å². The van der Waals surface area contributed by atoms with E-state index in [0.29, 0.717) is 37.3 Å². The average Bonchev–Trinajstić information content (AvgIpc) is 3.15. The van der Waals surface area contributed by atoms with E-state index in [2.05, 4.69) is 12.2 Å². The SMILES string of the molecule is CCOC(=O)N1CCC(NC(=O)/C=C/c2ccc(C3CC3C)o2)CC1. The maximum Gasteiger partial charge on any atom is 0.409 e. The number of piperidine rings is 1. The van der Waals surface area contributed by atoms with E-state index in [1.165, 1.54) is 12.5 Å². The summed E-state index contributed by atoms with van der Waals surface area (Å²) in [6.07, 6.45) is 5.61. The standard InChI is InChI=1S/C19H26N2O4/c1-3-24-19(23)21-10-8-14(9-11-21)20-18(22)7-5-15-4-6-17(25-15)16-12-13(16)2/h4-7,13-14,16H,3,8-12H2,1-2H3,(H,20,22)/b7-5+. The molecule has 1 saturated heterocycles. The molecular formula is C19H26N2O4. The molecule has 1 saturated carbocycles. The van der Waals surface area contributed by atoms with Crippen molar-refractivity contribution in [3.05, 3.63) is 29.7 Å². The molecule has 1 aromatic rings. The van der Waals surface area contributed by atoms with Crippen LogP contribution in [0.1, 0.15) is 50.5 Å². The zero-order chi connectivity index (χ0) is 17.8. The lowest BCUT2D eigenvalue weighted by Gasteiger charge is -2.31. The highest BCUT2D eigenvalue weighted by Gasteiger charge is 2.36. The van der Waals surface area contributed by atoms with Crippen LogP contribution in [0, 0.1) is 5.92 Å². The summed E-state index contributed by atoms with van der Waals surface area (Å²) in [6.45, 7) is 5.60. The molecular weight excluding hydrogens is 320 g/mol. The van der Waals surface area contributed by atoms with Crippen LogP contribution in [-0.4, -0.2) is 42.6 Å². The largest absolute Gasteiger partial charge is 0.461 e. The van der Waals surface area contributed by atoms with Gasteiger partial charge in [-0.05, 0) is 50.3 Å². The average molecular weight is 346 g/mol. The fourth-order valence-electron chi connectivity index (χ4n) is 3.20. The Morgan fingerprint density at radius 1 is 1.36 bits per heavy atom. The van der Waals surface area contributed by atoms with E-state index >= 15 is 0 Å². The lowest BCUT2D eigenvalue weighted by molar-refractivity contribution is -0.117. The van der Waals surface area contributed by atoms with Gasteiger partial charge in [0.25, 0.3) is 0 Å². The molecule has 1 aliphatic carbocycles. The van der Waals surface area contributed by atoms with Crippen LogP contribution in [0.2, 0.25) is 0 Å². The first-order chi connectivity index (χ1) is 12.1. The molecule has 1 aliphatic heterocycles. The Kier molecular flexibility index (Phi) is 5.46. The van der Waals surface area contributed by atoms with E-state index in [0.717, 1.165) is 18.6 Å². The van der Waals surface area contributed by atoms with Crippen LogP contribution in [-0.2, 0) is 9.53 Å². The number of hydrogen-bond acceptors (Lipinski definition) is 4. The number of carbonyl (C=O) groups is 2. The van der Waals surface area contributed by atoms with Gasteiger partial charge in [-0.2, -0.15) is 0 Å². The van der Waals surface area contributed by atoms with Crippen molar-refractivity contribution >= 4 is 18.1 Å². The minimum Gasteiger partial charge on any atom is -0.461 e. The minimum absolute atomic E-state index is 0.0855. The molecule has 136 valence electrons. The number of nitrogens with zero attached hydrogens (tertiary/aromatic N) is 1. The maximum atomic E-state index is 12.1. The second kappa shape index (κ2) is 7.76. The van der Waals surface area contributed by atoms with Crippen molar-refractivity contribution in [3.8, 4) is 0 Å². The number of hydrogen-bond donors (Lipinski definition) is 1. The predicted molar refractivity (Wildman–Crippen MR) is 94.0 cm³/mol. The molecule has 2 amide bonds. The van der Waals surface area contributed by atoms with E-state index < -0.39 is 0 Å². The van der Waals surface area contributed by atoms with Gasteiger partial charge in [-0.1, -0.05) is 6.92 Å². The lowest BCUT2D eigenvalue weighted by Crippen LogP contribution is -2.46. The van der Waals surface area contributed by atoms with Gasteiger partial charge in [-0.3, -0.25) is 4.79 Å². The Morgan fingerprint density at radius 2 is 2.08 bits per heavy atom. The summed E-state index contributed by atoms with van der Waals surface area (Å²) in [4.78, 5) is 25.4. The number of ether oxygens (including phenoxy) is 1. The van der Waals surface area contributed by atoms with Crippen molar-refractivity contribution in [2.75, 3.05) is 19.7 Å². The van der Waals surface area contributed by atoms with Gasteiger partial charge in [0.05, 0.1) is 6.61 Å². The van der Waals surface area contributed by atoms with E-state index in [1.807, 2.05) is 12.1 Å². The molecule has 0 bridgehead atoms. The monoisotopic (exact) mass is 346 g/mol. The molecule has 3 rings (SSSR count). The number of rotatable bonds is 5. The first-order valence-electron chi connectivity index (χ1n) is 9.06. The van der Waals surface area contributed by atoms with Crippen LogP contribution in [0.4, 0.5) is 4.79 Å². The summed E-state index contributed by atoms with van der Waals surface area (Å²) in [7, 11) is 0. The molecule has 25 heavy (non-hydrogen) atoms. The molecule has 1 N–H and O–H groups in total. The lowest BCUT2D eigenvalue weighted by atomic mass is 10.1. The first-order valence-corrected chi connectivity index (χ1v) is 9.06. The van der Waals surface area contributed by atoms with Crippen molar-refractivity contribution in [3.63, 3.8) is 0 Å². The number of carbonyl (C=O) groups excluding carboxylic acids is 2. The molecule has 0 radical (unpaired) electrons. The molecule has 0 spiro atoms. The van der Waals surface area contributed by atoms with E-state index in [1.54, 1.807) is 17.9 Å². The normalized spacial score (nSPS) is 23.7. The topological polar surface area (TPSA) is 71.8 Å². The molecule has 2 unspecified atom stereocenters. The fourth-order valence-corrected chi connectivity index (χ4v) is 3.20. The maximum absolute atomic E-state index is 12.1. The molecule has 1 aromatic heterocycles. The van der Waals surface area contributed by atoms with E-state index in [-0.39, 0.29) is 18.0 Å². The smallest absolute Gasteiger partial charge is 0.409 e. The quantitative estimate of drug-likeness (QED) is 0.831. The summed E-state index contributed by atoms with van der Waals surface area (Å²) in [5.74, 6) is 2.83. The van der Waals surface area contributed by atoms with Crippen molar-refractivity contribution in [1.29, 1.82) is 0 Å². The van der Waals surface area contributed by atoms with E-state index in [9.17, 15) is 9.59 Å². The van der Waals surface area contributed by atoms with Gasteiger partial charge in [0, 0.05) is 31.1 Å². The summed E-state index contributed by atoms with van der Waals surface area (Å²) in [5, 5.41) is 2.98. The van der Waals surface area contributed by atoms with Crippen LogP contribution in [0.25, 0.3) is 6.08 Å². The molecule has 6 heteroatoms. The summed E-state index contributed by atoms with van der Waals surface area (Å²) < 4.78 is 10.7. The molecule has 0 aromatic carbocycles. The van der Waals surface area contributed by atoms with Gasteiger partial charge in [0.15, 0.2) is 0 Å². The number of nitrogens with one attached hydrogen (secondary N) is 1.